The largest absolute Gasteiger partial charge is 0.467 e. The van der Waals surface area contributed by atoms with E-state index in [1.165, 1.54) is 7.11 Å². The van der Waals surface area contributed by atoms with Crippen molar-refractivity contribution in [3.8, 4) is 0 Å². The fraction of sp³-hybridized carbons (Fsp3) is 0.312. The Morgan fingerprint density at radius 2 is 2.05 bits per heavy atom. The third kappa shape index (κ3) is 4.61. The second-order valence-corrected chi connectivity index (χ2v) is 4.82. The number of methoxy groups -OCH3 is 1. The summed E-state index contributed by atoms with van der Waals surface area (Å²) in [5.41, 5.74) is 0.907. The van der Waals surface area contributed by atoms with Gasteiger partial charge in [-0.2, -0.15) is 0 Å². The van der Waals surface area contributed by atoms with Gasteiger partial charge in [-0.25, -0.2) is 4.79 Å². The van der Waals surface area contributed by atoms with Gasteiger partial charge in [0.2, 0.25) is 0 Å². The molecule has 1 aromatic heterocycles. The maximum absolute atomic E-state index is 12.0. The first-order valence-electron chi connectivity index (χ1n) is 7.00. The summed E-state index contributed by atoms with van der Waals surface area (Å²) in [4.78, 5) is 12.0. The van der Waals surface area contributed by atoms with E-state index >= 15 is 0 Å². The molecule has 2 atom stereocenters. The number of benzene rings is 1. The Bertz CT molecular complexity index is 557. The minimum atomic E-state index is -0.741. The van der Waals surface area contributed by atoms with Gasteiger partial charge in [-0.3, -0.25) is 0 Å². The predicted octanol–water partition coefficient (Wildman–Crippen LogP) is 1.68. The molecule has 0 aliphatic rings. The van der Waals surface area contributed by atoms with E-state index in [1.54, 1.807) is 18.4 Å². The van der Waals surface area contributed by atoms with Gasteiger partial charge in [0.05, 0.1) is 19.0 Å². The summed E-state index contributed by atoms with van der Waals surface area (Å²) in [6, 6.07) is 12.3. The minimum absolute atomic E-state index is 0.110. The number of hydrogen-bond acceptors (Lipinski definition) is 4. The van der Waals surface area contributed by atoms with Crippen LogP contribution in [0.15, 0.2) is 53.1 Å². The highest BCUT2D eigenvalue weighted by Gasteiger charge is 2.19. The van der Waals surface area contributed by atoms with Crippen LogP contribution < -0.4 is 10.6 Å². The van der Waals surface area contributed by atoms with Crippen molar-refractivity contribution in [1.29, 1.82) is 0 Å². The van der Waals surface area contributed by atoms with E-state index in [1.807, 2.05) is 30.3 Å². The molecular formula is C16H20N2O4. The van der Waals surface area contributed by atoms with Gasteiger partial charge >= 0.3 is 6.03 Å². The Morgan fingerprint density at radius 3 is 2.68 bits per heavy atom. The van der Waals surface area contributed by atoms with E-state index in [-0.39, 0.29) is 19.2 Å². The number of urea groups is 1. The number of furan rings is 1. The maximum Gasteiger partial charge on any atom is 0.315 e. The molecule has 0 aliphatic carbocycles. The van der Waals surface area contributed by atoms with Crippen molar-refractivity contribution in [2.45, 2.75) is 12.1 Å². The van der Waals surface area contributed by atoms with Gasteiger partial charge < -0.3 is 24.9 Å². The lowest BCUT2D eigenvalue weighted by molar-refractivity contribution is 0.0659. The van der Waals surface area contributed by atoms with Crippen LogP contribution in [0.2, 0.25) is 0 Å². The average Bonchev–Trinajstić information content (AvgIpc) is 3.06. The van der Waals surface area contributed by atoms with Crippen LogP contribution in [0.3, 0.4) is 0 Å². The van der Waals surface area contributed by atoms with Gasteiger partial charge in [0.25, 0.3) is 0 Å². The van der Waals surface area contributed by atoms with Crippen LogP contribution in [-0.2, 0) is 4.74 Å². The lowest BCUT2D eigenvalue weighted by Crippen LogP contribution is -2.42. The lowest BCUT2D eigenvalue weighted by Gasteiger charge is -2.18. The fourth-order valence-corrected chi connectivity index (χ4v) is 2.06. The Balaban J connectivity index is 2.00. The summed E-state index contributed by atoms with van der Waals surface area (Å²) in [6.45, 7) is 0.278. The van der Waals surface area contributed by atoms with Crippen molar-refractivity contribution in [1.82, 2.24) is 10.6 Å². The maximum atomic E-state index is 12.0. The molecule has 0 fully saturated rings. The summed E-state index contributed by atoms with van der Waals surface area (Å²) in [6.07, 6.45) is 0.822. The van der Waals surface area contributed by atoms with Crippen molar-refractivity contribution >= 4 is 6.03 Å². The van der Waals surface area contributed by atoms with Gasteiger partial charge in [0.15, 0.2) is 0 Å². The van der Waals surface area contributed by atoms with Crippen LogP contribution in [-0.4, -0.2) is 37.5 Å². The second-order valence-electron chi connectivity index (χ2n) is 4.82. The third-order valence-corrected chi connectivity index (χ3v) is 3.09. The minimum Gasteiger partial charge on any atom is -0.467 e. The van der Waals surface area contributed by atoms with Crippen molar-refractivity contribution in [2.75, 3.05) is 20.3 Å². The second kappa shape index (κ2) is 8.21. The smallest absolute Gasteiger partial charge is 0.315 e. The zero-order valence-electron chi connectivity index (χ0n) is 12.4. The highest BCUT2D eigenvalue weighted by Crippen LogP contribution is 2.22. The SMILES string of the molecule is COCC(O)CNC(=O)NC(c1ccccc1)c1ccco1. The standard InChI is InChI=1S/C16H20N2O4/c1-21-11-13(19)10-17-16(20)18-15(14-8-5-9-22-14)12-6-3-2-4-7-12/h2-9,13,15,19H,10-11H2,1H3,(H2,17,18,20). The van der Waals surface area contributed by atoms with E-state index in [4.69, 9.17) is 9.15 Å². The van der Waals surface area contributed by atoms with E-state index < -0.39 is 12.1 Å². The van der Waals surface area contributed by atoms with Gasteiger partial charge in [0, 0.05) is 13.7 Å². The molecule has 0 spiro atoms. The molecule has 0 radical (unpaired) electrons. The number of carbonyl (C=O) groups is 1. The van der Waals surface area contributed by atoms with Crippen LogP contribution in [0.25, 0.3) is 0 Å². The van der Waals surface area contributed by atoms with Crippen molar-refractivity contribution < 1.29 is 19.1 Å². The lowest BCUT2D eigenvalue weighted by atomic mass is 10.1. The molecule has 0 saturated carbocycles. The van der Waals surface area contributed by atoms with Gasteiger partial charge in [-0.1, -0.05) is 30.3 Å². The first-order chi connectivity index (χ1) is 10.7. The molecule has 2 aromatic rings. The molecule has 0 aliphatic heterocycles. The van der Waals surface area contributed by atoms with Crippen LogP contribution in [0, 0.1) is 0 Å². The zero-order chi connectivity index (χ0) is 15.8. The number of hydrogen-bond donors (Lipinski definition) is 3. The molecule has 22 heavy (non-hydrogen) atoms. The molecule has 0 bridgehead atoms. The molecule has 1 heterocycles. The highest BCUT2D eigenvalue weighted by molar-refractivity contribution is 5.74. The summed E-state index contributed by atoms with van der Waals surface area (Å²) >= 11 is 0. The predicted molar refractivity (Wildman–Crippen MR) is 81.4 cm³/mol. The number of nitrogens with one attached hydrogen (secondary N) is 2. The molecule has 3 N–H and O–H groups in total. The monoisotopic (exact) mass is 304 g/mol. The molecule has 6 heteroatoms. The molecule has 0 saturated heterocycles. The number of carbonyl (C=O) groups excluding carboxylic acids is 1. The van der Waals surface area contributed by atoms with Gasteiger partial charge in [-0.05, 0) is 17.7 Å². The summed E-state index contributed by atoms with van der Waals surface area (Å²) < 4.78 is 10.2. The molecule has 2 unspecified atom stereocenters. The number of aliphatic hydroxyl groups excluding tert-OH is 1. The first-order valence-corrected chi connectivity index (χ1v) is 7.00. The van der Waals surface area contributed by atoms with Crippen LogP contribution in [0.4, 0.5) is 4.79 Å². The molecule has 118 valence electrons. The number of amides is 2. The summed E-state index contributed by atoms with van der Waals surface area (Å²) in [7, 11) is 1.49. The average molecular weight is 304 g/mol. The normalized spacial score (nSPS) is 13.4. The van der Waals surface area contributed by atoms with E-state index in [0.717, 1.165) is 5.56 Å². The topological polar surface area (TPSA) is 83.7 Å². The Hall–Kier alpha value is -2.31. The number of ether oxygens (including phenoxy) is 1. The summed E-state index contributed by atoms with van der Waals surface area (Å²) in [5, 5.41) is 15.0. The summed E-state index contributed by atoms with van der Waals surface area (Å²) in [5.74, 6) is 0.638. The Labute approximate surface area is 129 Å². The Kier molecular flexibility index (Phi) is 6.00. The first kappa shape index (κ1) is 16.1. The van der Waals surface area contributed by atoms with Crippen molar-refractivity contribution in [3.05, 3.63) is 60.1 Å². The molecular weight excluding hydrogens is 284 g/mol. The van der Waals surface area contributed by atoms with Crippen LogP contribution in [0.5, 0.6) is 0 Å². The van der Waals surface area contributed by atoms with Crippen molar-refractivity contribution in [2.24, 2.45) is 0 Å². The number of aliphatic hydroxyl groups is 1. The van der Waals surface area contributed by atoms with Gasteiger partial charge in [0.1, 0.15) is 11.8 Å². The molecule has 6 nitrogen and oxygen atoms in total. The fourth-order valence-electron chi connectivity index (χ4n) is 2.06. The van der Waals surface area contributed by atoms with E-state index in [2.05, 4.69) is 10.6 Å². The van der Waals surface area contributed by atoms with E-state index in [0.29, 0.717) is 5.76 Å². The highest BCUT2D eigenvalue weighted by atomic mass is 16.5. The third-order valence-electron chi connectivity index (χ3n) is 3.09. The van der Waals surface area contributed by atoms with E-state index in [9.17, 15) is 9.90 Å². The van der Waals surface area contributed by atoms with Crippen LogP contribution >= 0.6 is 0 Å². The zero-order valence-corrected chi connectivity index (χ0v) is 12.4. The number of rotatable bonds is 7. The van der Waals surface area contributed by atoms with Crippen LogP contribution in [0.1, 0.15) is 17.4 Å². The quantitative estimate of drug-likeness (QED) is 0.726. The van der Waals surface area contributed by atoms with Gasteiger partial charge in [-0.15, -0.1) is 0 Å². The van der Waals surface area contributed by atoms with Crippen molar-refractivity contribution in [3.63, 3.8) is 0 Å². The molecule has 2 amide bonds. The molecule has 2 rings (SSSR count). The molecule has 1 aromatic carbocycles. The Morgan fingerprint density at radius 1 is 1.27 bits per heavy atom.